The van der Waals surface area contributed by atoms with E-state index in [1.165, 1.54) is 5.69 Å². The minimum absolute atomic E-state index is 0.173. The molecule has 0 spiro atoms. The Morgan fingerprint density at radius 1 is 1.40 bits per heavy atom. The molecule has 0 aliphatic heterocycles. The van der Waals surface area contributed by atoms with E-state index in [4.69, 9.17) is 4.42 Å². The highest BCUT2D eigenvalue weighted by Crippen LogP contribution is 2.27. The summed E-state index contributed by atoms with van der Waals surface area (Å²) in [6.07, 6.45) is 1.77. The lowest BCUT2D eigenvalue weighted by Crippen LogP contribution is -2.23. The molecule has 0 saturated heterocycles. The van der Waals surface area contributed by atoms with Crippen LogP contribution in [0.2, 0.25) is 0 Å². The molecule has 20 heavy (non-hydrogen) atoms. The fourth-order valence-electron chi connectivity index (χ4n) is 2.39. The van der Waals surface area contributed by atoms with Crippen molar-refractivity contribution in [1.82, 2.24) is 15.1 Å². The second kappa shape index (κ2) is 6.59. The molecule has 2 heterocycles. The van der Waals surface area contributed by atoms with E-state index in [9.17, 15) is 0 Å². The number of rotatable bonds is 6. The molecular weight excluding hydrogens is 318 g/mol. The van der Waals surface area contributed by atoms with Crippen molar-refractivity contribution in [3.05, 3.63) is 39.5 Å². The molecule has 2 aromatic rings. The smallest absolute Gasteiger partial charge is 0.121 e. The van der Waals surface area contributed by atoms with Gasteiger partial charge in [-0.1, -0.05) is 13.8 Å². The van der Waals surface area contributed by atoms with Gasteiger partial charge in [-0.05, 0) is 41.5 Å². The van der Waals surface area contributed by atoms with Crippen LogP contribution in [0.1, 0.15) is 42.8 Å². The Hall–Kier alpha value is -1.07. The molecule has 0 amide bonds. The maximum atomic E-state index is 5.90. The van der Waals surface area contributed by atoms with E-state index in [-0.39, 0.29) is 6.04 Å². The summed E-state index contributed by atoms with van der Waals surface area (Å²) in [7, 11) is 1.98. The van der Waals surface area contributed by atoms with Crippen LogP contribution in [0.3, 0.4) is 0 Å². The van der Waals surface area contributed by atoms with Gasteiger partial charge in [-0.15, -0.1) is 0 Å². The van der Waals surface area contributed by atoms with E-state index in [0.29, 0.717) is 0 Å². The van der Waals surface area contributed by atoms with E-state index in [1.807, 2.05) is 18.7 Å². The van der Waals surface area contributed by atoms with Crippen LogP contribution in [0.25, 0.3) is 0 Å². The predicted octanol–water partition coefficient (Wildman–Crippen LogP) is 3.54. The highest BCUT2D eigenvalue weighted by molar-refractivity contribution is 9.10. The quantitative estimate of drug-likeness (QED) is 0.875. The van der Waals surface area contributed by atoms with Gasteiger partial charge in [0.2, 0.25) is 0 Å². The summed E-state index contributed by atoms with van der Waals surface area (Å²) in [4.78, 5) is 0. The summed E-state index contributed by atoms with van der Waals surface area (Å²) in [5.74, 6) is 2.03. The van der Waals surface area contributed by atoms with Gasteiger partial charge in [-0.2, -0.15) is 5.10 Å². The monoisotopic (exact) mass is 339 g/mol. The van der Waals surface area contributed by atoms with Crippen molar-refractivity contribution < 1.29 is 4.42 Å². The highest BCUT2D eigenvalue weighted by atomic mass is 79.9. The third kappa shape index (κ3) is 3.15. The zero-order chi connectivity index (χ0) is 14.7. The number of aromatic nitrogens is 2. The van der Waals surface area contributed by atoms with Gasteiger partial charge >= 0.3 is 0 Å². The molecule has 0 fully saturated rings. The van der Waals surface area contributed by atoms with Gasteiger partial charge in [-0.3, -0.25) is 4.68 Å². The largest absolute Gasteiger partial charge is 0.464 e. The molecule has 0 aliphatic carbocycles. The molecule has 1 atom stereocenters. The van der Waals surface area contributed by atoms with Crippen molar-refractivity contribution in [2.24, 2.45) is 7.05 Å². The first-order chi connectivity index (χ1) is 9.56. The number of nitrogens with zero attached hydrogens (tertiary/aromatic N) is 2. The Labute approximate surface area is 128 Å². The van der Waals surface area contributed by atoms with Crippen molar-refractivity contribution in [2.75, 3.05) is 6.54 Å². The predicted molar refractivity (Wildman–Crippen MR) is 83.9 cm³/mol. The summed E-state index contributed by atoms with van der Waals surface area (Å²) >= 11 is 3.63. The number of furan rings is 1. The average Bonchev–Trinajstić information content (AvgIpc) is 2.98. The minimum Gasteiger partial charge on any atom is -0.464 e. The molecule has 0 bridgehead atoms. The topological polar surface area (TPSA) is 43.0 Å². The normalized spacial score (nSPS) is 12.8. The van der Waals surface area contributed by atoms with Gasteiger partial charge in [-0.25, -0.2) is 0 Å². The van der Waals surface area contributed by atoms with Crippen molar-refractivity contribution in [2.45, 2.75) is 39.7 Å². The molecular formula is C15H22BrN3O. The number of nitrogens with one attached hydrogen (secondary N) is 1. The van der Waals surface area contributed by atoms with Crippen LogP contribution < -0.4 is 5.32 Å². The third-order valence-corrected chi connectivity index (χ3v) is 4.52. The second-order valence-corrected chi connectivity index (χ2v) is 5.73. The van der Waals surface area contributed by atoms with Gasteiger partial charge < -0.3 is 9.73 Å². The van der Waals surface area contributed by atoms with Crippen LogP contribution in [0.15, 0.2) is 21.0 Å². The first-order valence-electron chi connectivity index (χ1n) is 7.06. The Bertz CT molecular complexity index is 574. The lowest BCUT2D eigenvalue weighted by Gasteiger charge is -2.16. The van der Waals surface area contributed by atoms with E-state index < -0.39 is 0 Å². The van der Waals surface area contributed by atoms with Crippen LogP contribution >= 0.6 is 15.9 Å². The fourth-order valence-corrected chi connectivity index (χ4v) is 2.88. The van der Waals surface area contributed by atoms with Crippen LogP contribution in [-0.4, -0.2) is 16.3 Å². The molecule has 1 N–H and O–H groups in total. The summed E-state index contributed by atoms with van der Waals surface area (Å²) in [5, 5.41) is 7.94. The maximum absolute atomic E-state index is 5.90. The zero-order valence-corrected chi connectivity index (χ0v) is 14.1. The van der Waals surface area contributed by atoms with E-state index in [0.717, 1.165) is 41.1 Å². The molecule has 0 radical (unpaired) electrons. The summed E-state index contributed by atoms with van der Waals surface area (Å²) < 4.78 is 8.92. The maximum Gasteiger partial charge on any atom is 0.121 e. The molecule has 2 aromatic heterocycles. The fraction of sp³-hybridized carbons (Fsp3) is 0.533. The molecule has 110 valence electrons. The minimum atomic E-state index is 0.173. The zero-order valence-electron chi connectivity index (χ0n) is 12.5. The molecule has 0 aromatic carbocycles. The van der Waals surface area contributed by atoms with Gasteiger partial charge in [0.15, 0.2) is 0 Å². The van der Waals surface area contributed by atoms with Crippen molar-refractivity contribution in [1.29, 1.82) is 0 Å². The highest BCUT2D eigenvalue weighted by Gasteiger charge is 2.20. The van der Waals surface area contributed by atoms with Crippen molar-refractivity contribution in [3.8, 4) is 0 Å². The summed E-state index contributed by atoms with van der Waals surface area (Å²) in [6.45, 7) is 7.13. The Morgan fingerprint density at radius 3 is 2.65 bits per heavy atom. The van der Waals surface area contributed by atoms with E-state index in [1.54, 1.807) is 0 Å². The number of hydrogen-bond acceptors (Lipinski definition) is 3. The number of halogens is 1. The molecule has 0 aliphatic rings. The standard InChI is InChI=1S/C15H22BrN3O/c1-5-11-7-8-14(20-11)12(17-6-2)9-13-15(16)10(3)18-19(13)4/h7-8,12,17H,5-6,9H2,1-4H3. The van der Waals surface area contributed by atoms with Crippen LogP contribution in [0.4, 0.5) is 0 Å². The first kappa shape index (κ1) is 15.3. The van der Waals surface area contributed by atoms with E-state index >= 15 is 0 Å². The first-order valence-corrected chi connectivity index (χ1v) is 7.86. The lowest BCUT2D eigenvalue weighted by molar-refractivity contribution is 0.392. The number of aryl methyl sites for hydroxylation is 3. The van der Waals surface area contributed by atoms with Crippen LogP contribution in [0.5, 0.6) is 0 Å². The molecule has 1 unspecified atom stereocenters. The SMILES string of the molecule is CCNC(Cc1c(Br)c(C)nn1C)c1ccc(CC)o1. The molecule has 4 nitrogen and oxygen atoms in total. The number of hydrogen-bond donors (Lipinski definition) is 1. The third-order valence-electron chi connectivity index (χ3n) is 3.48. The molecule has 2 rings (SSSR count). The van der Waals surface area contributed by atoms with Crippen molar-refractivity contribution in [3.63, 3.8) is 0 Å². The van der Waals surface area contributed by atoms with E-state index in [2.05, 4.69) is 52.3 Å². The Kier molecular flexibility index (Phi) is 5.05. The summed E-state index contributed by atoms with van der Waals surface area (Å²) in [5.41, 5.74) is 2.20. The van der Waals surface area contributed by atoms with Gasteiger partial charge in [0.05, 0.1) is 21.9 Å². The Balaban J connectivity index is 2.25. The number of likely N-dealkylation sites (N-methyl/N-ethyl adjacent to an activating group) is 1. The van der Waals surface area contributed by atoms with Crippen LogP contribution in [0, 0.1) is 6.92 Å². The molecule has 0 saturated carbocycles. The second-order valence-electron chi connectivity index (χ2n) is 4.94. The average molecular weight is 340 g/mol. The van der Waals surface area contributed by atoms with Crippen LogP contribution in [-0.2, 0) is 19.9 Å². The van der Waals surface area contributed by atoms with Gasteiger partial charge in [0.1, 0.15) is 11.5 Å². The molecule has 5 heteroatoms. The van der Waals surface area contributed by atoms with Crippen molar-refractivity contribution >= 4 is 15.9 Å². The Morgan fingerprint density at radius 2 is 2.15 bits per heavy atom. The van der Waals surface area contributed by atoms with Gasteiger partial charge in [0, 0.05) is 19.9 Å². The van der Waals surface area contributed by atoms with Gasteiger partial charge in [0.25, 0.3) is 0 Å². The lowest BCUT2D eigenvalue weighted by atomic mass is 10.1. The summed E-state index contributed by atoms with van der Waals surface area (Å²) in [6, 6.07) is 4.30.